The summed E-state index contributed by atoms with van der Waals surface area (Å²) in [6, 6.07) is -0.987. The molecule has 0 spiro atoms. The number of ether oxygens (including phenoxy) is 6. The lowest BCUT2D eigenvalue weighted by molar-refractivity contribution is -0.237. The minimum atomic E-state index is -1.31. The first kappa shape index (κ1) is 25.4. The zero-order chi connectivity index (χ0) is 24.0. The van der Waals surface area contributed by atoms with Crippen molar-refractivity contribution in [3.63, 3.8) is 0 Å². The Bertz CT molecular complexity index is 786. The molecular weight excluding hydrogens is 454 g/mol. The van der Waals surface area contributed by atoms with Gasteiger partial charge in [-0.1, -0.05) is 0 Å². The fraction of sp³-hybridized carbons (Fsp3) is 0.667. The van der Waals surface area contributed by atoms with Crippen molar-refractivity contribution in [1.82, 2.24) is 5.32 Å². The second-order valence-electron chi connectivity index (χ2n) is 6.81. The van der Waals surface area contributed by atoms with Gasteiger partial charge < -0.3 is 33.7 Å². The third kappa shape index (κ3) is 7.09. The van der Waals surface area contributed by atoms with Gasteiger partial charge in [-0.05, 0) is 0 Å². The zero-order valence-electron chi connectivity index (χ0n) is 17.7. The lowest BCUT2D eigenvalue weighted by atomic mass is 9.99. The van der Waals surface area contributed by atoms with E-state index >= 15 is 0 Å². The van der Waals surface area contributed by atoms with Crippen molar-refractivity contribution in [3.8, 4) is 0 Å². The Labute approximate surface area is 186 Å². The lowest BCUT2D eigenvalue weighted by Gasteiger charge is -2.44. The van der Waals surface area contributed by atoms with Gasteiger partial charge in [0.05, 0.1) is 0 Å². The molecule has 1 amide bonds. The first-order chi connectivity index (χ1) is 15.0. The van der Waals surface area contributed by atoms with Gasteiger partial charge in [0.15, 0.2) is 18.3 Å². The number of nitrogens with one attached hydrogen (secondary N) is 1. The van der Waals surface area contributed by atoms with E-state index < -0.39 is 71.8 Å². The number of alkyl carbamates (subject to hydrolysis) is 1. The number of hydrogen-bond acceptors (Lipinski definition) is 13. The summed E-state index contributed by atoms with van der Waals surface area (Å²) in [4.78, 5) is 69.4. The van der Waals surface area contributed by atoms with E-state index in [-0.39, 0.29) is 12.4 Å². The molecule has 0 aromatic rings. The molecule has 0 bridgehead atoms. The first-order valence-electron chi connectivity index (χ1n) is 9.42. The first-order valence-corrected chi connectivity index (χ1v) is 10.5. The number of cyclic esters (lactones) is 2. The van der Waals surface area contributed by atoms with Crippen LogP contribution in [0.5, 0.6) is 0 Å². The molecular formula is C18H23NO12S. The van der Waals surface area contributed by atoms with Crippen LogP contribution in [-0.4, -0.2) is 84.2 Å². The predicted molar refractivity (Wildman–Crippen MR) is 103 cm³/mol. The molecule has 0 unspecified atom stereocenters. The summed E-state index contributed by atoms with van der Waals surface area (Å²) in [5.41, 5.74) is -1.05. The van der Waals surface area contributed by atoms with Crippen molar-refractivity contribution in [1.29, 1.82) is 0 Å². The Balaban J connectivity index is 2.32. The molecule has 1 N–H and O–H groups in total. The third-order valence-electron chi connectivity index (χ3n) is 4.15. The minimum absolute atomic E-state index is 0.0433. The van der Waals surface area contributed by atoms with Gasteiger partial charge in [0.25, 0.3) is 0 Å². The molecule has 2 aliphatic rings. The number of hydrogen-bond donors (Lipinski definition) is 1. The molecule has 6 atom stereocenters. The average molecular weight is 477 g/mol. The second-order valence-corrected chi connectivity index (χ2v) is 7.94. The Morgan fingerprint density at radius 2 is 1.44 bits per heavy atom. The highest BCUT2D eigenvalue weighted by atomic mass is 32.2. The topological polar surface area (TPSA) is 170 Å². The maximum Gasteiger partial charge on any atom is 0.415 e. The van der Waals surface area contributed by atoms with Gasteiger partial charge in [-0.2, -0.15) is 0 Å². The molecule has 0 aromatic carbocycles. The van der Waals surface area contributed by atoms with E-state index in [1.165, 1.54) is 0 Å². The molecule has 2 fully saturated rings. The van der Waals surface area contributed by atoms with Gasteiger partial charge in [0, 0.05) is 33.4 Å². The van der Waals surface area contributed by atoms with Crippen LogP contribution < -0.4 is 5.32 Å². The van der Waals surface area contributed by atoms with E-state index in [1.54, 1.807) is 0 Å². The Kier molecular flexibility index (Phi) is 8.83. The second kappa shape index (κ2) is 11.1. The molecule has 2 heterocycles. The van der Waals surface area contributed by atoms with Crippen LogP contribution in [0.2, 0.25) is 0 Å². The van der Waals surface area contributed by atoms with E-state index in [0.717, 1.165) is 39.5 Å². The summed E-state index contributed by atoms with van der Waals surface area (Å²) in [7, 11) is 0. The number of amides is 1. The highest BCUT2D eigenvalue weighted by Crippen LogP contribution is 2.35. The summed E-state index contributed by atoms with van der Waals surface area (Å²) >= 11 is 0.953. The molecule has 14 heteroatoms. The van der Waals surface area contributed by atoms with Gasteiger partial charge in [-0.25, -0.2) is 9.59 Å². The van der Waals surface area contributed by atoms with E-state index in [9.17, 15) is 28.8 Å². The number of thioether (sulfide) groups is 1. The van der Waals surface area contributed by atoms with Gasteiger partial charge in [-0.3, -0.25) is 19.2 Å². The molecule has 2 rings (SSSR count). The molecule has 13 nitrogen and oxygen atoms in total. The van der Waals surface area contributed by atoms with E-state index in [4.69, 9.17) is 23.7 Å². The maximum atomic E-state index is 11.8. The third-order valence-corrected chi connectivity index (χ3v) is 5.38. The fourth-order valence-corrected chi connectivity index (χ4v) is 4.24. The number of carbonyl (C=O) groups is 6. The van der Waals surface area contributed by atoms with Crippen molar-refractivity contribution >= 4 is 47.7 Å². The van der Waals surface area contributed by atoms with Crippen LogP contribution in [0.15, 0.2) is 0 Å². The normalized spacial score (nSPS) is 29.4. The van der Waals surface area contributed by atoms with Gasteiger partial charge in [0.1, 0.15) is 24.2 Å². The highest BCUT2D eigenvalue weighted by Gasteiger charge is 2.52. The molecule has 0 saturated carbocycles. The van der Waals surface area contributed by atoms with E-state index in [1.807, 2.05) is 0 Å². The number of esters is 5. The van der Waals surface area contributed by atoms with Crippen molar-refractivity contribution in [2.45, 2.75) is 63.6 Å². The maximum absolute atomic E-state index is 11.8. The fourth-order valence-electron chi connectivity index (χ4n) is 3.02. The van der Waals surface area contributed by atoms with Crippen molar-refractivity contribution in [2.75, 3.05) is 12.4 Å². The Hall–Kier alpha value is -2.87. The average Bonchev–Trinajstić information content (AvgIpc) is 2.98. The zero-order valence-corrected chi connectivity index (χ0v) is 18.5. The molecule has 0 aromatic heterocycles. The smallest absolute Gasteiger partial charge is 0.415 e. The lowest BCUT2D eigenvalue weighted by Crippen LogP contribution is -2.61. The molecule has 178 valence electrons. The van der Waals surface area contributed by atoms with Crippen LogP contribution in [0.3, 0.4) is 0 Å². The van der Waals surface area contributed by atoms with E-state index in [2.05, 4.69) is 10.1 Å². The summed E-state index contributed by atoms with van der Waals surface area (Å²) in [6.07, 6.45) is -5.83. The van der Waals surface area contributed by atoms with Crippen LogP contribution >= 0.6 is 11.8 Å². The van der Waals surface area contributed by atoms with Gasteiger partial charge in [0.2, 0.25) is 0 Å². The van der Waals surface area contributed by atoms with Gasteiger partial charge >= 0.3 is 35.9 Å². The van der Waals surface area contributed by atoms with Crippen molar-refractivity contribution in [3.05, 3.63) is 0 Å². The quantitative estimate of drug-likeness (QED) is 0.268. The SMILES string of the molecule is CC(=O)OC[C@H]1O[C@H](SC[C@@H]2NC(=O)OC2=O)[C@H](OC(C)=O)[C@@H](OC(C)=O)[C@@H]1OC(C)=O. The predicted octanol–water partition coefficient (Wildman–Crippen LogP) is -0.562. The Morgan fingerprint density at radius 3 is 1.94 bits per heavy atom. The molecule has 0 radical (unpaired) electrons. The Morgan fingerprint density at radius 1 is 0.875 bits per heavy atom. The van der Waals surface area contributed by atoms with Crippen LogP contribution in [0.25, 0.3) is 0 Å². The standard InChI is InChI=1S/C18H23NO12S/c1-7(20)26-5-12-13(27-8(2)21)14(28-9(3)22)15(29-10(4)23)17(30-12)32-6-11-16(24)31-18(25)19-11/h11-15,17H,5-6H2,1-4H3,(H,19,25)/t11-,12+,13+,14-,15+,17+/m0/s1. The largest absolute Gasteiger partial charge is 0.463 e. The molecule has 2 aliphatic heterocycles. The molecule has 32 heavy (non-hydrogen) atoms. The minimum Gasteiger partial charge on any atom is -0.463 e. The van der Waals surface area contributed by atoms with Crippen LogP contribution in [0, 0.1) is 0 Å². The summed E-state index contributed by atoms with van der Waals surface area (Å²) in [6.45, 7) is 4.14. The summed E-state index contributed by atoms with van der Waals surface area (Å²) < 4.78 is 31.1. The molecule has 2 saturated heterocycles. The molecule has 0 aliphatic carbocycles. The number of rotatable bonds is 8. The summed E-state index contributed by atoms with van der Waals surface area (Å²) in [5, 5.41) is 2.31. The van der Waals surface area contributed by atoms with Crippen LogP contribution in [0.4, 0.5) is 4.79 Å². The summed E-state index contributed by atoms with van der Waals surface area (Å²) in [5.74, 6) is -3.72. The highest BCUT2D eigenvalue weighted by molar-refractivity contribution is 7.99. The van der Waals surface area contributed by atoms with Crippen molar-refractivity contribution in [2.24, 2.45) is 0 Å². The van der Waals surface area contributed by atoms with Crippen LogP contribution in [-0.2, 0) is 52.4 Å². The van der Waals surface area contributed by atoms with E-state index in [0.29, 0.717) is 0 Å². The van der Waals surface area contributed by atoms with Crippen molar-refractivity contribution < 1.29 is 57.2 Å². The monoisotopic (exact) mass is 477 g/mol. The van der Waals surface area contributed by atoms with Crippen LogP contribution in [0.1, 0.15) is 27.7 Å². The number of carbonyl (C=O) groups excluding carboxylic acids is 6. The van der Waals surface area contributed by atoms with Gasteiger partial charge in [-0.15, -0.1) is 11.8 Å².